The lowest BCUT2D eigenvalue weighted by Gasteiger charge is -2.17. The average molecular weight is 251 g/mol. The van der Waals surface area contributed by atoms with Crippen LogP contribution in [0.25, 0.3) is 0 Å². The van der Waals surface area contributed by atoms with Crippen molar-refractivity contribution in [1.82, 2.24) is 4.90 Å². The lowest BCUT2D eigenvalue weighted by molar-refractivity contribution is -0.131. The van der Waals surface area contributed by atoms with Gasteiger partial charge in [-0.2, -0.15) is 0 Å². The summed E-state index contributed by atoms with van der Waals surface area (Å²) in [6, 6.07) is 6.28. The van der Waals surface area contributed by atoms with Gasteiger partial charge in [0.15, 0.2) is 11.6 Å². The van der Waals surface area contributed by atoms with Crippen LogP contribution < -0.4 is 4.74 Å². The lowest BCUT2D eigenvalue weighted by Crippen LogP contribution is -2.32. The fourth-order valence-corrected chi connectivity index (χ4v) is 1.91. The van der Waals surface area contributed by atoms with Crippen molar-refractivity contribution in [2.45, 2.75) is 13.3 Å². The van der Waals surface area contributed by atoms with Crippen LogP contribution >= 0.6 is 0 Å². The van der Waals surface area contributed by atoms with Crippen molar-refractivity contribution in [3.8, 4) is 5.75 Å². The van der Waals surface area contributed by atoms with Crippen molar-refractivity contribution >= 4 is 5.91 Å². The number of hydrogen-bond acceptors (Lipinski definition) is 2. The molecule has 1 aromatic rings. The van der Waals surface area contributed by atoms with Crippen LogP contribution in [0.15, 0.2) is 24.3 Å². The smallest absolute Gasteiger partial charge is 0.225 e. The number of halogens is 1. The quantitative estimate of drug-likeness (QED) is 0.803. The van der Waals surface area contributed by atoms with Crippen LogP contribution in [-0.4, -0.2) is 31.0 Å². The molecule has 1 aromatic carbocycles. The summed E-state index contributed by atoms with van der Waals surface area (Å²) < 4.78 is 18.6. The molecule has 0 radical (unpaired) electrons. The van der Waals surface area contributed by atoms with Gasteiger partial charge < -0.3 is 9.64 Å². The minimum absolute atomic E-state index is 0.166. The van der Waals surface area contributed by atoms with Crippen LogP contribution in [0.1, 0.15) is 13.3 Å². The molecular weight excluding hydrogens is 233 g/mol. The predicted molar refractivity (Wildman–Crippen MR) is 66.8 cm³/mol. The van der Waals surface area contributed by atoms with E-state index < -0.39 is 0 Å². The predicted octanol–water partition coefficient (Wildman–Crippen LogP) is 2.32. The summed E-state index contributed by atoms with van der Waals surface area (Å²) in [5, 5.41) is 0. The number of carbonyl (C=O) groups is 1. The van der Waals surface area contributed by atoms with E-state index in [1.54, 1.807) is 30.1 Å². The van der Waals surface area contributed by atoms with Gasteiger partial charge in [0.2, 0.25) is 5.91 Å². The van der Waals surface area contributed by atoms with Gasteiger partial charge in [-0.1, -0.05) is 19.1 Å². The first-order valence-electron chi connectivity index (χ1n) is 6.22. The maximum atomic E-state index is 13.3. The Hall–Kier alpha value is -1.58. The van der Waals surface area contributed by atoms with Crippen molar-refractivity contribution in [2.24, 2.45) is 11.8 Å². The Morgan fingerprint density at radius 1 is 1.50 bits per heavy atom. The van der Waals surface area contributed by atoms with Gasteiger partial charge in [0.05, 0.1) is 6.54 Å². The molecule has 2 rings (SSSR count). The van der Waals surface area contributed by atoms with E-state index in [0.717, 1.165) is 6.42 Å². The monoisotopic (exact) mass is 251 g/mol. The second-order valence-electron chi connectivity index (χ2n) is 4.86. The van der Waals surface area contributed by atoms with Crippen LogP contribution in [0, 0.1) is 17.7 Å². The molecule has 1 aliphatic rings. The van der Waals surface area contributed by atoms with Gasteiger partial charge in [-0.15, -0.1) is 0 Å². The van der Waals surface area contributed by atoms with E-state index >= 15 is 0 Å². The first-order chi connectivity index (χ1) is 8.59. The second kappa shape index (κ2) is 5.38. The van der Waals surface area contributed by atoms with Crippen molar-refractivity contribution in [3.63, 3.8) is 0 Å². The highest BCUT2D eigenvalue weighted by Gasteiger charge is 2.40. The summed E-state index contributed by atoms with van der Waals surface area (Å²) in [6.45, 7) is 2.87. The number of likely N-dealkylation sites (N-methyl/N-ethyl adjacent to an activating group) is 1. The molecule has 1 amide bonds. The molecule has 1 aliphatic carbocycles. The summed E-state index contributed by atoms with van der Waals surface area (Å²) >= 11 is 0. The molecule has 18 heavy (non-hydrogen) atoms. The largest absolute Gasteiger partial charge is 0.489 e. The summed E-state index contributed by atoms with van der Waals surface area (Å²) in [6.07, 6.45) is 0.983. The number of nitrogens with zero attached hydrogens (tertiary/aromatic N) is 1. The van der Waals surface area contributed by atoms with E-state index in [1.165, 1.54) is 6.07 Å². The van der Waals surface area contributed by atoms with E-state index in [4.69, 9.17) is 4.74 Å². The highest BCUT2D eigenvalue weighted by molar-refractivity contribution is 5.81. The Kier molecular flexibility index (Phi) is 3.84. The van der Waals surface area contributed by atoms with Crippen LogP contribution in [0.2, 0.25) is 0 Å². The highest BCUT2D eigenvalue weighted by Crippen LogP contribution is 2.38. The number of benzene rings is 1. The fraction of sp³-hybridized carbons (Fsp3) is 0.500. The lowest BCUT2D eigenvalue weighted by atomic mass is 10.3. The summed E-state index contributed by atoms with van der Waals surface area (Å²) in [4.78, 5) is 13.5. The molecule has 0 saturated heterocycles. The molecule has 0 aliphatic heterocycles. The maximum absolute atomic E-state index is 13.3. The van der Waals surface area contributed by atoms with Gasteiger partial charge in [-0.3, -0.25) is 4.79 Å². The molecule has 98 valence electrons. The third kappa shape index (κ3) is 3.00. The summed E-state index contributed by atoms with van der Waals surface area (Å²) in [5.41, 5.74) is 0. The Morgan fingerprint density at radius 2 is 2.17 bits per heavy atom. The van der Waals surface area contributed by atoms with E-state index in [-0.39, 0.29) is 23.4 Å². The van der Waals surface area contributed by atoms with Crippen molar-refractivity contribution < 1.29 is 13.9 Å². The zero-order valence-corrected chi connectivity index (χ0v) is 10.7. The number of amides is 1. The first kappa shape index (κ1) is 12.9. The number of ether oxygens (including phenoxy) is 1. The molecule has 0 bridgehead atoms. The number of para-hydroxylation sites is 1. The van der Waals surface area contributed by atoms with Gasteiger partial charge in [0, 0.05) is 13.0 Å². The van der Waals surface area contributed by atoms with E-state index in [1.807, 2.05) is 0 Å². The molecule has 0 aromatic heterocycles. The van der Waals surface area contributed by atoms with Crippen molar-refractivity contribution in [3.05, 3.63) is 30.1 Å². The third-order valence-electron chi connectivity index (χ3n) is 3.32. The number of hydrogen-bond donors (Lipinski definition) is 0. The topological polar surface area (TPSA) is 29.5 Å². The summed E-state index contributed by atoms with van der Waals surface area (Å²) in [5.74, 6) is 0.718. The van der Waals surface area contributed by atoms with Gasteiger partial charge in [-0.05, 0) is 24.5 Å². The fourth-order valence-electron chi connectivity index (χ4n) is 1.91. The second-order valence-corrected chi connectivity index (χ2v) is 4.86. The van der Waals surface area contributed by atoms with E-state index in [2.05, 4.69) is 6.92 Å². The Morgan fingerprint density at radius 3 is 2.78 bits per heavy atom. The van der Waals surface area contributed by atoms with Gasteiger partial charge in [-0.25, -0.2) is 4.39 Å². The Bertz CT molecular complexity index is 436. The Labute approximate surface area is 107 Å². The van der Waals surface area contributed by atoms with Crippen LogP contribution in [0.3, 0.4) is 0 Å². The SMILES string of the molecule is C[C@@H]1C[C@H]1C(=O)N(C)CCOc1ccccc1F. The zero-order valence-electron chi connectivity index (χ0n) is 10.7. The molecule has 0 unspecified atom stereocenters. The molecule has 1 fully saturated rings. The minimum atomic E-state index is -0.373. The summed E-state index contributed by atoms with van der Waals surface area (Å²) in [7, 11) is 1.76. The zero-order chi connectivity index (χ0) is 13.1. The maximum Gasteiger partial charge on any atom is 0.225 e. The van der Waals surface area contributed by atoms with Gasteiger partial charge in [0.1, 0.15) is 6.61 Å². The third-order valence-corrected chi connectivity index (χ3v) is 3.32. The van der Waals surface area contributed by atoms with Crippen molar-refractivity contribution in [2.75, 3.05) is 20.2 Å². The van der Waals surface area contributed by atoms with Gasteiger partial charge >= 0.3 is 0 Å². The van der Waals surface area contributed by atoms with E-state index in [9.17, 15) is 9.18 Å². The minimum Gasteiger partial charge on any atom is -0.489 e. The molecule has 3 nitrogen and oxygen atoms in total. The molecule has 4 heteroatoms. The standard InChI is InChI=1S/C14H18FNO2/c1-10-9-11(10)14(17)16(2)7-8-18-13-6-4-3-5-12(13)15/h3-6,10-11H,7-9H2,1-2H3/t10-,11-/m1/s1. The first-order valence-corrected chi connectivity index (χ1v) is 6.22. The molecule has 0 heterocycles. The van der Waals surface area contributed by atoms with Gasteiger partial charge in [0.25, 0.3) is 0 Å². The molecule has 0 spiro atoms. The molecule has 2 atom stereocenters. The normalized spacial score (nSPS) is 21.5. The highest BCUT2D eigenvalue weighted by atomic mass is 19.1. The number of carbonyl (C=O) groups excluding carboxylic acids is 1. The van der Waals surface area contributed by atoms with Crippen LogP contribution in [0.4, 0.5) is 4.39 Å². The van der Waals surface area contributed by atoms with E-state index in [0.29, 0.717) is 19.1 Å². The molecule has 0 N–H and O–H groups in total. The van der Waals surface area contributed by atoms with Crippen LogP contribution in [-0.2, 0) is 4.79 Å². The number of rotatable bonds is 5. The Balaban J connectivity index is 1.75. The van der Waals surface area contributed by atoms with Crippen LogP contribution in [0.5, 0.6) is 5.75 Å². The van der Waals surface area contributed by atoms with Crippen molar-refractivity contribution in [1.29, 1.82) is 0 Å². The molecular formula is C14H18FNO2. The molecule has 1 saturated carbocycles. The average Bonchev–Trinajstić information content (AvgIpc) is 3.08.